The van der Waals surface area contributed by atoms with Crippen molar-refractivity contribution >= 4 is 5.97 Å². The smallest absolute Gasteiger partial charge is 0.330 e. The Bertz CT molecular complexity index is 234. The van der Waals surface area contributed by atoms with Crippen molar-refractivity contribution in [3.63, 3.8) is 0 Å². The molecule has 0 aromatic carbocycles. The molecule has 0 spiro atoms. The number of carbonyl (C=O) groups excluding carboxylic acids is 1. The van der Waals surface area contributed by atoms with E-state index in [0.29, 0.717) is 6.61 Å². The van der Waals surface area contributed by atoms with Crippen molar-refractivity contribution in [1.29, 1.82) is 0 Å². The van der Waals surface area contributed by atoms with Gasteiger partial charge in [-0.05, 0) is 12.3 Å². The van der Waals surface area contributed by atoms with E-state index in [-0.39, 0.29) is 5.97 Å². The van der Waals surface area contributed by atoms with Gasteiger partial charge in [0.05, 0.1) is 6.61 Å². The first-order chi connectivity index (χ1) is 9.66. The fourth-order valence-electron chi connectivity index (χ4n) is 2.30. The van der Waals surface area contributed by atoms with E-state index < -0.39 is 0 Å². The number of hydrogen-bond acceptors (Lipinski definition) is 2. The molecule has 0 bridgehead atoms. The van der Waals surface area contributed by atoms with Crippen LogP contribution in [0, 0.1) is 5.92 Å². The van der Waals surface area contributed by atoms with Crippen LogP contribution in [-0.4, -0.2) is 12.6 Å². The first-order valence-corrected chi connectivity index (χ1v) is 8.46. The zero-order chi connectivity index (χ0) is 15.1. The van der Waals surface area contributed by atoms with Gasteiger partial charge in [0.25, 0.3) is 0 Å². The second kappa shape index (κ2) is 14.6. The number of ether oxygens (including phenoxy) is 1. The molecule has 118 valence electrons. The molecule has 0 unspecified atom stereocenters. The van der Waals surface area contributed by atoms with Crippen LogP contribution in [0.2, 0.25) is 0 Å². The zero-order valence-corrected chi connectivity index (χ0v) is 13.7. The van der Waals surface area contributed by atoms with Gasteiger partial charge >= 0.3 is 5.97 Å². The fraction of sp³-hybridized carbons (Fsp3) is 0.833. The second-order valence-corrected chi connectivity index (χ2v) is 6.09. The van der Waals surface area contributed by atoms with Crippen LogP contribution in [0.25, 0.3) is 0 Å². The van der Waals surface area contributed by atoms with Gasteiger partial charge in [-0.3, -0.25) is 0 Å². The minimum Gasteiger partial charge on any atom is -0.463 e. The Hall–Kier alpha value is -0.790. The molecule has 0 amide bonds. The van der Waals surface area contributed by atoms with E-state index >= 15 is 0 Å². The Morgan fingerprint density at radius 3 is 1.80 bits per heavy atom. The van der Waals surface area contributed by atoms with Gasteiger partial charge in [0.2, 0.25) is 0 Å². The molecule has 0 rings (SSSR count). The van der Waals surface area contributed by atoms with Crippen LogP contribution in [-0.2, 0) is 9.53 Å². The van der Waals surface area contributed by atoms with Crippen molar-refractivity contribution in [1.82, 2.24) is 0 Å². The predicted molar refractivity (Wildman–Crippen MR) is 86.8 cm³/mol. The Balaban J connectivity index is 3.03. The largest absolute Gasteiger partial charge is 0.463 e. The van der Waals surface area contributed by atoms with Crippen molar-refractivity contribution in [2.45, 2.75) is 84.5 Å². The van der Waals surface area contributed by atoms with Gasteiger partial charge in [0.1, 0.15) is 0 Å². The lowest BCUT2D eigenvalue weighted by Crippen LogP contribution is -2.01. The molecule has 0 saturated heterocycles. The summed E-state index contributed by atoms with van der Waals surface area (Å²) >= 11 is 0. The third kappa shape index (κ3) is 15.3. The van der Waals surface area contributed by atoms with E-state index in [2.05, 4.69) is 20.4 Å². The summed E-state index contributed by atoms with van der Waals surface area (Å²) in [6.07, 6.45) is 15.7. The zero-order valence-electron chi connectivity index (χ0n) is 13.7. The van der Waals surface area contributed by atoms with Gasteiger partial charge < -0.3 is 4.74 Å². The molecule has 2 nitrogen and oxygen atoms in total. The molecular formula is C18H34O2. The highest BCUT2D eigenvalue weighted by Crippen LogP contribution is 2.13. The van der Waals surface area contributed by atoms with E-state index in [1.54, 1.807) is 0 Å². The Morgan fingerprint density at radius 2 is 1.35 bits per heavy atom. The summed E-state index contributed by atoms with van der Waals surface area (Å²) in [5, 5.41) is 0. The van der Waals surface area contributed by atoms with Gasteiger partial charge in [0, 0.05) is 6.08 Å². The third-order valence-electron chi connectivity index (χ3n) is 3.59. The summed E-state index contributed by atoms with van der Waals surface area (Å²) in [5.74, 6) is 0.559. The monoisotopic (exact) mass is 282 g/mol. The summed E-state index contributed by atoms with van der Waals surface area (Å²) in [7, 11) is 0. The number of carbonyl (C=O) groups is 1. The van der Waals surface area contributed by atoms with Crippen molar-refractivity contribution in [3.8, 4) is 0 Å². The van der Waals surface area contributed by atoms with Gasteiger partial charge in [0.15, 0.2) is 0 Å². The van der Waals surface area contributed by atoms with Crippen molar-refractivity contribution < 1.29 is 9.53 Å². The van der Waals surface area contributed by atoms with E-state index in [1.807, 2.05) is 0 Å². The van der Waals surface area contributed by atoms with Crippen molar-refractivity contribution in [3.05, 3.63) is 12.7 Å². The molecule has 0 atom stereocenters. The lowest BCUT2D eigenvalue weighted by molar-refractivity contribution is -0.137. The van der Waals surface area contributed by atoms with Gasteiger partial charge in [-0.2, -0.15) is 0 Å². The van der Waals surface area contributed by atoms with E-state index in [9.17, 15) is 4.79 Å². The van der Waals surface area contributed by atoms with Crippen LogP contribution in [0.15, 0.2) is 12.7 Å². The average Bonchev–Trinajstić information content (AvgIpc) is 2.43. The minimum atomic E-state index is -0.303. The molecule has 2 heteroatoms. The molecule has 20 heavy (non-hydrogen) atoms. The van der Waals surface area contributed by atoms with E-state index in [4.69, 9.17) is 4.74 Å². The standard InChI is InChI=1S/C18H34O2/c1-4-18(19)20-16-14-12-10-8-6-5-7-9-11-13-15-17(2)3/h4,17H,1,5-16H2,2-3H3. The molecule has 0 heterocycles. The number of esters is 1. The normalized spacial score (nSPS) is 10.8. The first kappa shape index (κ1) is 19.2. The maximum atomic E-state index is 10.8. The Morgan fingerprint density at radius 1 is 0.900 bits per heavy atom. The quantitative estimate of drug-likeness (QED) is 0.233. The third-order valence-corrected chi connectivity index (χ3v) is 3.59. The molecule has 0 aliphatic heterocycles. The molecule has 0 aliphatic carbocycles. The predicted octanol–water partition coefficient (Wildman–Crippen LogP) is 5.66. The molecule has 0 aromatic heterocycles. The fourth-order valence-corrected chi connectivity index (χ4v) is 2.30. The summed E-state index contributed by atoms with van der Waals surface area (Å²) in [6.45, 7) is 8.52. The van der Waals surface area contributed by atoms with Gasteiger partial charge in [-0.1, -0.05) is 84.6 Å². The van der Waals surface area contributed by atoms with Crippen LogP contribution in [0.3, 0.4) is 0 Å². The highest BCUT2D eigenvalue weighted by molar-refractivity contribution is 5.81. The summed E-state index contributed by atoms with van der Waals surface area (Å²) in [6, 6.07) is 0. The lowest BCUT2D eigenvalue weighted by atomic mass is 10.0. The van der Waals surface area contributed by atoms with Gasteiger partial charge in [-0.15, -0.1) is 0 Å². The Labute approximate surface area is 126 Å². The van der Waals surface area contributed by atoms with E-state index in [1.165, 1.54) is 70.3 Å². The highest BCUT2D eigenvalue weighted by Gasteiger charge is 1.97. The second-order valence-electron chi connectivity index (χ2n) is 6.09. The maximum absolute atomic E-state index is 10.8. The number of hydrogen-bond donors (Lipinski definition) is 0. The molecule has 0 aromatic rings. The van der Waals surface area contributed by atoms with E-state index in [0.717, 1.165) is 12.3 Å². The number of unbranched alkanes of at least 4 members (excludes halogenated alkanes) is 9. The lowest BCUT2D eigenvalue weighted by Gasteiger charge is -2.05. The first-order valence-electron chi connectivity index (χ1n) is 8.46. The topological polar surface area (TPSA) is 26.3 Å². The Kier molecular flexibility index (Phi) is 14.0. The molecule has 0 radical (unpaired) electrons. The molecular weight excluding hydrogens is 248 g/mol. The number of rotatable bonds is 14. The van der Waals surface area contributed by atoms with Crippen LogP contribution in [0.5, 0.6) is 0 Å². The maximum Gasteiger partial charge on any atom is 0.330 e. The van der Waals surface area contributed by atoms with Gasteiger partial charge in [-0.25, -0.2) is 4.79 Å². The van der Waals surface area contributed by atoms with Crippen molar-refractivity contribution in [2.24, 2.45) is 5.92 Å². The molecule has 0 aliphatic rings. The minimum absolute atomic E-state index is 0.303. The summed E-state index contributed by atoms with van der Waals surface area (Å²) < 4.78 is 4.93. The van der Waals surface area contributed by atoms with Crippen LogP contribution >= 0.6 is 0 Å². The highest BCUT2D eigenvalue weighted by atomic mass is 16.5. The molecule has 0 saturated carbocycles. The van der Waals surface area contributed by atoms with Crippen LogP contribution in [0.1, 0.15) is 84.5 Å². The van der Waals surface area contributed by atoms with Crippen molar-refractivity contribution in [2.75, 3.05) is 6.61 Å². The SMILES string of the molecule is C=CC(=O)OCCCCCCCCCCCCC(C)C. The summed E-state index contributed by atoms with van der Waals surface area (Å²) in [4.78, 5) is 10.8. The molecule has 0 N–H and O–H groups in total. The average molecular weight is 282 g/mol. The van der Waals surface area contributed by atoms with Crippen LogP contribution in [0.4, 0.5) is 0 Å². The molecule has 0 fully saturated rings. The van der Waals surface area contributed by atoms with Crippen LogP contribution < -0.4 is 0 Å². The summed E-state index contributed by atoms with van der Waals surface area (Å²) in [5.41, 5.74) is 0.